The molecule has 0 aromatic heterocycles. The zero-order valence-electron chi connectivity index (χ0n) is 12.2. The van der Waals surface area contributed by atoms with Crippen molar-refractivity contribution in [3.63, 3.8) is 0 Å². The maximum atomic E-state index is 6.46. The number of nitrogens with two attached hydrogens (primary N) is 1. The van der Waals surface area contributed by atoms with Crippen molar-refractivity contribution in [3.05, 3.63) is 35.4 Å². The van der Waals surface area contributed by atoms with Gasteiger partial charge in [-0.05, 0) is 43.0 Å². The van der Waals surface area contributed by atoms with E-state index in [1.165, 1.54) is 11.1 Å². The zero-order valence-corrected chi connectivity index (χ0v) is 12.2. The molecular formula is C16H26N2. The second kappa shape index (κ2) is 4.67. The summed E-state index contributed by atoms with van der Waals surface area (Å²) >= 11 is 0. The van der Waals surface area contributed by atoms with Crippen LogP contribution in [0.2, 0.25) is 0 Å². The van der Waals surface area contributed by atoms with Crippen molar-refractivity contribution < 1.29 is 0 Å². The van der Waals surface area contributed by atoms with Crippen LogP contribution in [-0.4, -0.2) is 30.6 Å². The van der Waals surface area contributed by atoms with Crippen LogP contribution in [0.5, 0.6) is 0 Å². The lowest BCUT2D eigenvalue weighted by Gasteiger charge is -2.25. The van der Waals surface area contributed by atoms with Gasteiger partial charge in [-0.1, -0.05) is 45.0 Å². The van der Waals surface area contributed by atoms with Gasteiger partial charge in [-0.25, -0.2) is 0 Å². The first-order valence-electron chi connectivity index (χ1n) is 6.85. The first-order chi connectivity index (χ1) is 8.28. The van der Waals surface area contributed by atoms with Crippen molar-refractivity contribution in [1.29, 1.82) is 0 Å². The van der Waals surface area contributed by atoms with Crippen molar-refractivity contribution >= 4 is 0 Å². The van der Waals surface area contributed by atoms with Gasteiger partial charge >= 0.3 is 0 Å². The van der Waals surface area contributed by atoms with E-state index < -0.39 is 0 Å². The van der Waals surface area contributed by atoms with E-state index in [-0.39, 0.29) is 11.0 Å². The van der Waals surface area contributed by atoms with E-state index in [1.54, 1.807) is 0 Å². The number of likely N-dealkylation sites (N-methyl/N-ethyl adjacent to an activating group) is 1. The first kappa shape index (κ1) is 13.6. The van der Waals surface area contributed by atoms with Gasteiger partial charge in [0.15, 0.2) is 0 Å². The molecule has 1 aromatic rings. The molecule has 18 heavy (non-hydrogen) atoms. The molecule has 0 aliphatic carbocycles. The standard InChI is InChI=1S/C16H26N2/c1-15(2,3)14-7-5-13(6-8-14)11-16(17)9-10-18(4)12-16/h5-8H,9-12,17H2,1-4H3. The van der Waals surface area contributed by atoms with Crippen molar-refractivity contribution in [2.24, 2.45) is 5.73 Å². The average molecular weight is 246 g/mol. The van der Waals surface area contributed by atoms with Gasteiger partial charge in [0.25, 0.3) is 0 Å². The molecule has 1 aliphatic rings. The molecule has 2 heteroatoms. The van der Waals surface area contributed by atoms with E-state index in [1.807, 2.05) is 0 Å². The maximum Gasteiger partial charge on any atom is 0.0336 e. The third kappa shape index (κ3) is 3.12. The normalized spacial score (nSPS) is 25.6. The highest BCUT2D eigenvalue weighted by molar-refractivity contribution is 5.28. The number of likely N-dealkylation sites (tertiary alicyclic amines) is 1. The fourth-order valence-electron chi connectivity index (χ4n) is 2.78. The summed E-state index contributed by atoms with van der Waals surface area (Å²) in [7, 11) is 2.15. The summed E-state index contributed by atoms with van der Waals surface area (Å²) in [6, 6.07) is 8.98. The molecular weight excluding hydrogens is 220 g/mol. The topological polar surface area (TPSA) is 29.3 Å². The minimum Gasteiger partial charge on any atom is -0.324 e. The number of nitrogens with zero attached hydrogens (tertiary/aromatic N) is 1. The number of benzene rings is 1. The monoisotopic (exact) mass is 246 g/mol. The van der Waals surface area contributed by atoms with Crippen LogP contribution in [0.3, 0.4) is 0 Å². The smallest absolute Gasteiger partial charge is 0.0336 e. The van der Waals surface area contributed by atoms with E-state index in [4.69, 9.17) is 5.73 Å². The Bertz CT molecular complexity index is 402. The van der Waals surface area contributed by atoms with Crippen molar-refractivity contribution in [2.75, 3.05) is 20.1 Å². The molecule has 1 saturated heterocycles. The zero-order chi connectivity index (χ0) is 13.4. The van der Waals surface area contributed by atoms with Crippen LogP contribution in [0, 0.1) is 0 Å². The second-order valence-electron chi connectivity index (χ2n) is 6.97. The fourth-order valence-corrected chi connectivity index (χ4v) is 2.78. The molecule has 0 saturated carbocycles. The Morgan fingerprint density at radius 2 is 1.83 bits per heavy atom. The molecule has 1 unspecified atom stereocenters. The van der Waals surface area contributed by atoms with Crippen LogP contribution < -0.4 is 5.73 Å². The highest BCUT2D eigenvalue weighted by Gasteiger charge is 2.32. The summed E-state index contributed by atoms with van der Waals surface area (Å²) in [5.74, 6) is 0. The molecule has 0 amide bonds. The Hall–Kier alpha value is -0.860. The minimum absolute atomic E-state index is 0.0298. The first-order valence-corrected chi connectivity index (χ1v) is 6.85. The Kier molecular flexibility index (Phi) is 3.52. The van der Waals surface area contributed by atoms with E-state index in [2.05, 4.69) is 57.0 Å². The summed E-state index contributed by atoms with van der Waals surface area (Å²) in [5, 5.41) is 0. The molecule has 2 N–H and O–H groups in total. The molecule has 1 fully saturated rings. The molecule has 1 aromatic carbocycles. The Morgan fingerprint density at radius 3 is 2.28 bits per heavy atom. The summed E-state index contributed by atoms with van der Waals surface area (Å²) in [6.45, 7) is 8.87. The summed E-state index contributed by atoms with van der Waals surface area (Å²) in [6.07, 6.45) is 2.09. The van der Waals surface area contributed by atoms with Crippen LogP contribution in [0.25, 0.3) is 0 Å². The van der Waals surface area contributed by atoms with Crippen molar-refractivity contribution in [3.8, 4) is 0 Å². The van der Waals surface area contributed by atoms with Gasteiger partial charge in [-0.15, -0.1) is 0 Å². The molecule has 1 heterocycles. The third-order valence-electron chi connectivity index (χ3n) is 3.95. The predicted octanol–water partition coefficient (Wildman–Crippen LogP) is 2.56. The number of rotatable bonds is 2. The van der Waals surface area contributed by atoms with Gasteiger partial charge in [-0.3, -0.25) is 0 Å². The number of hydrogen-bond donors (Lipinski definition) is 1. The molecule has 1 aliphatic heterocycles. The fraction of sp³-hybridized carbons (Fsp3) is 0.625. The second-order valence-corrected chi connectivity index (χ2v) is 6.97. The molecule has 0 bridgehead atoms. The maximum absolute atomic E-state index is 6.46. The van der Waals surface area contributed by atoms with Crippen LogP contribution in [-0.2, 0) is 11.8 Å². The third-order valence-corrected chi connectivity index (χ3v) is 3.95. The van der Waals surface area contributed by atoms with Gasteiger partial charge in [0.2, 0.25) is 0 Å². The van der Waals surface area contributed by atoms with Gasteiger partial charge in [0, 0.05) is 12.1 Å². The molecule has 100 valence electrons. The lowest BCUT2D eigenvalue weighted by molar-refractivity contribution is 0.366. The summed E-state index contributed by atoms with van der Waals surface area (Å²) in [5.41, 5.74) is 9.41. The van der Waals surface area contributed by atoms with E-state index >= 15 is 0 Å². The SMILES string of the molecule is CN1CCC(N)(Cc2ccc(C(C)(C)C)cc2)C1. The minimum atomic E-state index is -0.0298. The summed E-state index contributed by atoms with van der Waals surface area (Å²) < 4.78 is 0. The van der Waals surface area contributed by atoms with Crippen LogP contribution in [0.15, 0.2) is 24.3 Å². The van der Waals surface area contributed by atoms with Crippen molar-refractivity contribution in [1.82, 2.24) is 4.90 Å². The summed E-state index contributed by atoms with van der Waals surface area (Å²) in [4.78, 5) is 2.32. The molecule has 1 atom stereocenters. The Morgan fingerprint density at radius 1 is 1.22 bits per heavy atom. The van der Waals surface area contributed by atoms with Crippen molar-refractivity contribution in [2.45, 2.75) is 44.6 Å². The van der Waals surface area contributed by atoms with Gasteiger partial charge in [0.1, 0.15) is 0 Å². The highest BCUT2D eigenvalue weighted by atomic mass is 15.2. The predicted molar refractivity (Wildman–Crippen MR) is 77.9 cm³/mol. The Balaban J connectivity index is 2.07. The van der Waals surface area contributed by atoms with Crippen LogP contribution in [0.4, 0.5) is 0 Å². The molecule has 0 radical (unpaired) electrons. The molecule has 2 rings (SSSR count). The quantitative estimate of drug-likeness (QED) is 0.869. The molecule has 2 nitrogen and oxygen atoms in total. The van der Waals surface area contributed by atoms with E-state index in [0.29, 0.717) is 0 Å². The van der Waals surface area contributed by atoms with E-state index in [0.717, 1.165) is 25.9 Å². The van der Waals surface area contributed by atoms with Gasteiger partial charge < -0.3 is 10.6 Å². The van der Waals surface area contributed by atoms with Gasteiger partial charge in [-0.2, -0.15) is 0 Å². The Labute approximate surface area is 111 Å². The van der Waals surface area contributed by atoms with Gasteiger partial charge in [0.05, 0.1) is 0 Å². The van der Waals surface area contributed by atoms with Crippen LogP contribution in [0.1, 0.15) is 38.3 Å². The highest BCUT2D eigenvalue weighted by Crippen LogP contribution is 2.25. The van der Waals surface area contributed by atoms with E-state index in [9.17, 15) is 0 Å². The largest absolute Gasteiger partial charge is 0.324 e. The average Bonchev–Trinajstić information content (AvgIpc) is 2.58. The molecule has 0 spiro atoms. The lowest BCUT2D eigenvalue weighted by atomic mass is 9.85. The lowest BCUT2D eigenvalue weighted by Crippen LogP contribution is -2.44. The van der Waals surface area contributed by atoms with Crippen LogP contribution >= 0.6 is 0 Å². The number of hydrogen-bond acceptors (Lipinski definition) is 2.